The van der Waals surface area contributed by atoms with Gasteiger partial charge in [-0.2, -0.15) is 0 Å². The van der Waals surface area contributed by atoms with Crippen molar-refractivity contribution in [3.63, 3.8) is 0 Å². The summed E-state index contributed by atoms with van der Waals surface area (Å²) in [5.41, 5.74) is 0. The van der Waals surface area contributed by atoms with Crippen molar-refractivity contribution >= 4 is 46.1 Å². The third-order valence-electron chi connectivity index (χ3n) is 8.08. The molecule has 212 valence electrons. The van der Waals surface area contributed by atoms with E-state index in [0.29, 0.717) is 17.3 Å². The molecule has 39 heavy (non-hydrogen) atoms. The normalized spacial score (nSPS) is 21.5. The fraction of sp³-hybridized carbons (Fsp3) is 0.586. The Bertz CT molecular complexity index is 1140. The van der Waals surface area contributed by atoms with Crippen LogP contribution in [0.2, 0.25) is 5.02 Å². The predicted octanol–water partition coefficient (Wildman–Crippen LogP) is 3.29. The van der Waals surface area contributed by atoms with E-state index >= 15 is 0 Å². The van der Waals surface area contributed by atoms with E-state index in [0.717, 1.165) is 82.0 Å². The molecule has 10 heteroatoms. The maximum Gasteiger partial charge on any atom is 0.260 e. The molecule has 3 fully saturated rings. The van der Waals surface area contributed by atoms with Gasteiger partial charge < -0.3 is 19.4 Å². The summed E-state index contributed by atoms with van der Waals surface area (Å²) in [6.45, 7) is 11.8. The minimum absolute atomic E-state index is 0.00601. The largest absolute Gasteiger partial charge is 0.482 e. The van der Waals surface area contributed by atoms with E-state index in [9.17, 15) is 9.59 Å². The molecular weight excluding hydrogens is 534 g/mol. The summed E-state index contributed by atoms with van der Waals surface area (Å²) in [4.78, 5) is 33.9. The monoisotopic (exact) mass is 573 g/mol. The third-order valence-corrected chi connectivity index (χ3v) is 9.44. The van der Waals surface area contributed by atoms with Gasteiger partial charge in [-0.25, -0.2) is 4.31 Å². The van der Waals surface area contributed by atoms with Crippen molar-refractivity contribution in [1.29, 1.82) is 0 Å². The Morgan fingerprint density at radius 3 is 2.38 bits per heavy atom. The molecule has 0 radical (unpaired) electrons. The van der Waals surface area contributed by atoms with E-state index in [4.69, 9.17) is 16.3 Å². The number of hydrogen-bond acceptors (Lipinski definition) is 7. The average Bonchev–Trinajstić information content (AvgIpc) is 3.45. The van der Waals surface area contributed by atoms with Crippen molar-refractivity contribution in [2.45, 2.75) is 25.8 Å². The first-order valence-electron chi connectivity index (χ1n) is 14.1. The van der Waals surface area contributed by atoms with Crippen LogP contribution in [0.25, 0.3) is 10.8 Å². The minimum Gasteiger partial charge on any atom is -0.482 e. The molecule has 3 heterocycles. The maximum absolute atomic E-state index is 13.4. The number of hydrogen-bond donors (Lipinski definition) is 0. The van der Waals surface area contributed by atoms with Crippen LogP contribution in [0.15, 0.2) is 36.4 Å². The summed E-state index contributed by atoms with van der Waals surface area (Å²) in [5, 5.41) is 2.63. The highest BCUT2D eigenvalue weighted by Gasteiger charge is 2.33. The molecule has 0 unspecified atom stereocenters. The van der Waals surface area contributed by atoms with Crippen molar-refractivity contribution in [2.75, 3.05) is 84.4 Å². The Labute approximate surface area is 241 Å². The van der Waals surface area contributed by atoms with Gasteiger partial charge in [-0.15, -0.1) is 0 Å². The van der Waals surface area contributed by atoms with Gasteiger partial charge in [0.2, 0.25) is 5.91 Å². The number of halogens is 1. The van der Waals surface area contributed by atoms with Crippen LogP contribution in [0.5, 0.6) is 5.75 Å². The molecular formula is C29H40ClN5O3S. The van der Waals surface area contributed by atoms with E-state index in [1.165, 1.54) is 12.8 Å². The number of ether oxygens (including phenoxy) is 1. The summed E-state index contributed by atoms with van der Waals surface area (Å²) < 4.78 is 8.42. The van der Waals surface area contributed by atoms with Crippen LogP contribution in [0.1, 0.15) is 19.8 Å². The van der Waals surface area contributed by atoms with Gasteiger partial charge in [0, 0.05) is 71.6 Å². The van der Waals surface area contributed by atoms with Crippen molar-refractivity contribution < 1.29 is 14.3 Å². The highest BCUT2D eigenvalue weighted by atomic mass is 35.5. The van der Waals surface area contributed by atoms with Crippen LogP contribution in [0.3, 0.4) is 0 Å². The second-order valence-electron chi connectivity index (χ2n) is 10.7. The Morgan fingerprint density at radius 2 is 1.67 bits per heavy atom. The fourth-order valence-electron chi connectivity index (χ4n) is 5.80. The number of carbonyl (C=O) groups excluding carboxylic acids is 2. The van der Waals surface area contributed by atoms with Crippen LogP contribution >= 0.6 is 23.5 Å². The summed E-state index contributed by atoms with van der Waals surface area (Å²) in [6, 6.07) is 12.0. The molecule has 3 aliphatic rings. The van der Waals surface area contributed by atoms with Crippen LogP contribution in [-0.4, -0.2) is 126 Å². The SMILES string of the molecule is CC(=O)N1CCN(CCSN2CCN(C(=O)COc3cc4ccccc4cc3Cl)[C@@H](CN3CCCC3)C2)CC1. The second kappa shape index (κ2) is 13.5. The summed E-state index contributed by atoms with van der Waals surface area (Å²) in [6.07, 6.45) is 2.47. The zero-order chi connectivity index (χ0) is 27.2. The van der Waals surface area contributed by atoms with Crippen molar-refractivity contribution in [1.82, 2.24) is 23.9 Å². The Balaban J connectivity index is 1.14. The lowest BCUT2D eigenvalue weighted by Crippen LogP contribution is -2.58. The lowest BCUT2D eigenvalue weighted by atomic mass is 10.1. The summed E-state index contributed by atoms with van der Waals surface area (Å²) in [5.74, 6) is 1.77. The van der Waals surface area contributed by atoms with Gasteiger partial charge in [-0.05, 0) is 48.8 Å². The summed E-state index contributed by atoms with van der Waals surface area (Å²) in [7, 11) is 0. The molecule has 8 nitrogen and oxygen atoms in total. The fourth-order valence-corrected chi connectivity index (χ4v) is 7.11. The first kappa shape index (κ1) is 28.5. The molecule has 0 bridgehead atoms. The number of likely N-dealkylation sites (tertiary alicyclic amines) is 1. The average molecular weight is 574 g/mol. The minimum atomic E-state index is -0.00601. The Morgan fingerprint density at radius 1 is 0.949 bits per heavy atom. The number of rotatable bonds is 9. The van der Waals surface area contributed by atoms with E-state index in [1.807, 2.05) is 58.1 Å². The first-order valence-corrected chi connectivity index (χ1v) is 15.5. The highest BCUT2D eigenvalue weighted by Crippen LogP contribution is 2.30. The third kappa shape index (κ3) is 7.58. The zero-order valence-electron chi connectivity index (χ0n) is 22.9. The first-order chi connectivity index (χ1) is 19.0. The van der Waals surface area contributed by atoms with E-state index < -0.39 is 0 Å². The topological polar surface area (TPSA) is 59.6 Å². The highest BCUT2D eigenvalue weighted by molar-refractivity contribution is 7.97. The molecule has 0 saturated carbocycles. The number of fused-ring (bicyclic) bond motifs is 1. The van der Waals surface area contributed by atoms with Crippen LogP contribution in [0, 0.1) is 0 Å². The van der Waals surface area contributed by atoms with Crippen LogP contribution in [0.4, 0.5) is 0 Å². The van der Waals surface area contributed by atoms with Gasteiger partial charge in [-0.3, -0.25) is 14.5 Å². The number of piperazine rings is 2. The number of carbonyl (C=O) groups is 2. The number of nitrogens with zero attached hydrogens (tertiary/aromatic N) is 5. The van der Waals surface area contributed by atoms with E-state index in [1.54, 1.807) is 6.92 Å². The smallest absolute Gasteiger partial charge is 0.260 e. The molecule has 0 N–H and O–H groups in total. The predicted molar refractivity (Wildman–Crippen MR) is 158 cm³/mol. The van der Waals surface area contributed by atoms with Crippen molar-refractivity contribution in [3.05, 3.63) is 41.4 Å². The number of amides is 2. The molecule has 0 spiro atoms. The van der Waals surface area contributed by atoms with Crippen molar-refractivity contribution in [2.24, 2.45) is 0 Å². The molecule has 3 aliphatic heterocycles. The quantitative estimate of drug-likeness (QED) is 0.427. The van der Waals surface area contributed by atoms with E-state index in [-0.39, 0.29) is 24.5 Å². The van der Waals surface area contributed by atoms with Crippen molar-refractivity contribution in [3.8, 4) is 5.75 Å². The molecule has 1 atom stereocenters. The number of benzene rings is 2. The van der Waals surface area contributed by atoms with Crippen LogP contribution in [-0.2, 0) is 9.59 Å². The molecule has 2 amide bonds. The standard InChI is InChI=1S/C29H40ClN5O3S/c1-23(36)33-12-10-31(11-13-33)16-17-39-34-14-15-35(26(21-34)20-32-8-4-5-9-32)29(37)22-38-28-19-25-7-3-2-6-24(25)18-27(28)30/h2-3,6-7,18-19,26H,4-5,8-17,20-22H2,1H3/t26-/m0/s1. The zero-order valence-corrected chi connectivity index (χ0v) is 24.5. The van der Waals surface area contributed by atoms with Gasteiger partial charge in [0.1, 0.15) is 5.75 Å². The molecule has 2 aromatic rings. The Kier molecular flexibility index (Phi) is 9.89. The molecule has 3 saturated heterocycles. The second-order valence-corrected chi connectivity index (χ2v) is 12.3. The van der Waals surface area contributed by atoms with Gasteiger partial charge in [0.15, 0.2) is 6.61 Å². The van der Waals surface area contributed by atoms with E-state index in [2.05, 4.69) is 14.1 Å². The molecule has 0 aliphatic carbocycles. The van der Waals surface area contributed by atoms with Gasteiger partial charge in [0.05, 0.1) is 11.1 Å². The summed E-state index contributed by atoms with van der Waals surface area (Å²) >= 11 is 8.37. The molecule has 2 aromatic carbocycles. The Hall–Kier alpha value is -2.04. The molecule has 0 aromatic heterocycles. The van der Waals surface area contributed by atoms with Gasteiger partial charge in [0.25, 0.3) is 5.91 Å². The van der Waals surface area contributed by atoms with Crippen LogP contribution < -0.4 is 4.74 Å². The van der Waals surface area contributed by atoms with Gasteiger partial charge in [-0.1, -0.05) is 47.8 Å². The lowest BCUT2D eigenvalue weighted by molar-refractivity contribution is -0.137. The lowest BCUT2D eigenvalue weighted by Gasteiger charge is -2.42. The van der Waals surface area contributed by atoms with Gasteiger partial charge >= 0.3 is 0 Å². The molecule has 5 rings (SSSR count). The maximum atomic E-state index is 13.4.